The Labute approximate surface area is 276 Å². The first-order chi connectivity index (χ1) is 21.3. The van der Waals surface area contributed by atoms with Gasteiger partial charge in [0.05, 0.1) is 12.2 Å². The molecule has 0 bridgehead atoms. The third-order valence-corrected chi connectivity index (χ3v) is 14.0. The lowest BCUT2D eigenvalue weighted by Gasteiger charge is -2.62. The van der Waals surface area contributed by atoms with Crippen LogP contribution in [-0.4, -0.2) is 69.1 Å². The molecule has 11 atom stereocenters. The predicted molar refractivity (Wildman–Crippen MR) is 183 cm³/mol. The van der Waals surface area contributed by atoms with Gasteiger partial charge in [-0.15, -0.1) is 0 Å². The molecule has 5 N–H and O–H groups in total. The molecule has 45 heavy (non-hydrogen) atoms. The van der Waals surface area contributed by atoms with E-state index in [9.17, 15) is 18.1 Å². The molecule has 4 aliphatic carbocycles. The average molecular weight is 656 g/mol. The van der Waals surface area contributed by atoms with Crippen LogP contribution in [0.1, 0.15) is 125 Å². The highest BCUT2D eigenvalue weighted by Crippen LogP contribution is 2.68. The second kappa shape index (κ2) is 16.4. The van der Waals surface area contributed by atoms with Crippen LogP contribution >= 0.6 is 0 Å². The SMILES string of the molecule is CCNCCCCNCCCN[C@H]1CC[C@]2(C)C3CC[C@@]4(C)C(CC[C@@H]4[C@H](C)CC[C@@H](OS(=O)(=O)O)C(C)C)C3[C@@H](O)C[C@@H]2C1. The number of hydrogen-bond acceptors (Lipinski definition) is 7. The smallest absolute Gasteiger partial charge is 0.393 e. The van der Waals surface area contributed by atoms with Crippen molar-refractivity contribution in [3.05, 3.63) is 0 Å². The van der Waals surface area contributed by atoms with Crippen LogP contribution in [0.4, 0.5) is 0 Å². The molecule has 0 radical (unpaired) electrons. The molecule has 4 aliphatic rings. The van der Waals surface area contributed by atoms with Gasteiger partial charge in [-0.1, -0.05) is 41.5 Å². The Morgan fingerprint density at radius 3 is 2.20 bits per heavy atom. The van der Waals surface area contributed by atoms with Crippen molar-refractivity contribution in [2.75, 3.05) is 32.7 Å². The Bertz CT molecular complexity index is 1010. The Morgan fingerprint density at radius 2 is 1.51 bits per heavy atom. The van der Waals surface area contributed by atoms with E-state index in [1.807, 2.05) is 13.8 Å². The van der Waals surface area contributed by atoms with Gasteiger partial charge in [0.2, 0.25) is 0 Å². The van der Waals surface area contributed by atoms with Gasteiger partial charge >= 0.3 is 10.4 Å². The summed E-state index contributed by atoms with van der Waals surface area (Å²) >= 11 is 0. The van der Waals surface area contributed by atoms with Crippen molar-refractivity contribution in [1.82, 2.24) is 16.0 Å². The number of fused-ring (bicyclic) bond motifs is 5. The van der Waals surface area contributed by atoms with E-state index in [-0.39, 0.29) is 17.4 Å². The number of nitrogens with one attached hydrogen (secondary N) is 3. The van der Waals surface area contributed by atoms with Gasteiger partial charge in [0.25, 0.3) is 0 Å². The minimum absolute atomic E-state index is 0.0166. The van der Waals surface area contributed by atoms with Crippen molar-refractivity contribution in [3.8, 4) is 0 Å². The van der Waals surface area contributed by atoms with Crippen LogP contribution in [0.5, 0.6) is 0 Å². The zero-order valence-electron chi connectivity index (χ0n) is 29.5. The molecule has 264 valence electrons. The molecular weight excluding hydrogens is 586 g/mol. The minimum Gasteiger partial charge on any atom is -0.393 e. The highest BCUT2D eigenvalue weighted by atomic mass is 32.3. The summed E-state index contributed by atoms with van der Waals surface area (Å²) in [5.74, 6) is 3.23. The standard InChI is InChI=1S/C36H69N3O5S/c1-7-37-19-8-9-20-38-21-10-22-39-28-15-17-35(5)27(23-28)24-32(40)34-30-13-12-29(36(30,6)18-16-31(34)35)26(4)11-14-33(25(2)3)44-45(41,42)43/h25-34,37-40H,7-24H2,1-6H3,(H,41,42,43)/t26-,27+,28+,29-,30?,31?,32+,33-,34?,35+,36-/m1/s1. The van der Waals surface area contributed by atoms with Crippen LogP contribution in [0.25, 0.3) is 0 Å². The fraction of sp³-hybridized carbons (Fsp3) is 1.00. The first-order valence-corrected chi connectivity index (χ1v) is 20.1. The first-order valence-electron chi connectivity index (χ1n) is 18.8. The maximum absolute atomic E-state index is 11.8. The van der Waals surface area contributed by atoms with Crippen molar-refractivity contribution in [1.29, 1.82) is 0 Å². The molecule has 0 amide bonds. The van der Waals surface area contributed by atoms with Gasteiger partial charge in [0, 0.05) is 6.04 Å². The Balaban J connectivity index is 1.27. The summed E-state index contributed by atoms with van der Waals surface area (Å²) in [6.07, 6.45) is 14.0. The second-order valence-electron chi connectivity index (χ2n) is 16.5. The first kappa shape index (κ1) is 37.5. The van der Waals surface area contributed by atoms with E-state index in [0.717, 1.165) is 45.6 Å². The van der Waals surface area contributed by atoms with Crippen LogP contribution in [0.2, 0.25) is 0 Å². The molecule has 0 spiro atoms. The third-order valence-electron chi connectivity index (χ3n) is 13.5. The second-order valence-corrected chi connectivity index (χ2v) is 17.5. The number of aliphatic hydroxyl groups excluding tert-OH is 1. The average Bonchev–Trinajstić information content (AvgIpc) is 3.33. The van der Waals surface area contributed by atoms with Gasteiger partial charge in [-0.25, -0.2) is 4.18 Å². The molecule has 0 aromatic heterocycles. The fourth-order valence-electron chi connectivity index (χ4n) is 11.0. The summed E-state index contributed by atoms with van der Waals surface area (Å²) in [6.45, 7) is 18.9. The van der Waals surface area contributed by atoms with Crippen molar-refractivity contribution in [2.45, 2.75) is 143 Å². The summed E-state index contributed by atoms with van der Waals surface area (Å²) in [7, 11) is -4.45. The van der Waals surface area contributed by atoms with Crippen molar-refractivity contribution in [3.63, 3.8) is 0 Å². The lowest BCUT2D eigenvalue weighted by atomic mass is 9.43. The molecule has 4 fully saturated rings. The molecular formula is C36H69N3O5S. The molecule has 9 heteroatoms. The highest BCUT2D eigenvalue weighted by Gasteiger charge is 2.62. The third kappa shape index (κ3) is 9.24. The van der Waals surface area contributed by atoms with Crippen molar-refractivity contribution >= 4 is 10.4 Å². The highest BCUT2D eigenvalue weighted by molar-refractivity contribution is 7.80. The van der Waals surface area contributed by atoms with Gasteiger partial charge in [-0.3, -0.25) is 4.55 Å². The maximum Gasteiger partial charge on any atom is 0.397 e. The zero-order valence-corrected chi connectivity index (χ0v) is 30.3. The number of hydrogen-bond donors (Lipinski definition) is 5. The maximum atomic E-state index is 11.8. The predicted octanol–water partition coefficient (Wildman–Crippen LogP) is 6.20. The Hall–Kier alpha value is -0.290. The molecule has 3 unspecified atom stereocenters. The summed E-state index contributed by atoms with van der Waals surface area (Å²) < 4.78 is 37.2. The van der Waals surface area contributed by atoms with E-state index in [0.29, 0.717) is 53.4 Å². The topological polar surface area (TPSA) is 120 Å². The molecule has 8 nitrogen and oxygen atoms in total. The van der Waals surface area contributed by atoms with E-state index in [1.165, 1.54) is 64.2 Å². The molecule has 0 saturated heterocycles. The van der Waals surface area contributed by atoms with Gasteiger partial charge in [0.15, 0.2) is 0 Å². The minimum atomic E-state index is -4.45. The van der Waals surface area contributed by atoms with Crippen LogP contribution in [-0.2, 0) is 14.6 Å². The summed E-state index contributed by atoms with van der Waals surface area (Å²) in [6, 6.07) is 0.581. The number of rotatable bonds is 18. The Morgan fingerprint density at radius 1 is 0.844 bits per heavy atom. The quantitative estimate of drug-likeness (QED) is 0.0875. The molecule has 4 rings (SSSR count). The van der Waals surface area contributed by atoms with E-state index in [4.69, 9.17) is 4.18 Å². The van der Waals surface area contributed by atoms with Gasteiger partial charge in [-0.2, -0.15) is 8.42 Å². The van der Waals surface area contributed by atoms with Crippen LogP contribution in [0.15, 0.2) is 0 Å². The van der Waals surface area contributed by atoms with Gasteiger partial charge in [0.1, 0.15) is 0 Å². The monoisotopic (exact) mass is 655 g/mol. The molecule has 0 aromatic carbocycles. The summed E-state index contributed by atoms with van der Waals surface area (Å²) in [5.41, 5.74) is 0.556. The van der Waals surface area contributed by atoms with Crippen molar-refractivity contribution < 1.29 is 22.3 Å². The lowest BCUT2D eigenvalue weighted by Crippen LogP contribution is -2.59. The normalized spacial score (nSPS) is 38.0. The van der Waals surface area contributed by atoms with Gasteiger partial charge < -0.3 is 21.1 Å². The number of unbranched alkanes of at least 4 members (excludes halogenated alkanes) is 1. The summed E-state index contributed by atoms with van der Waals surface area (Å²) in [5, 5.41) is 22.7. The molecule has 0 heterocycles. The largest absolute Gasteiger partial charge is 0.397 e. The molecule has 4 saturated carbocycles. The Kier molecular flexibility index (Phi) is 13.7. The summed E-state index contributed by atoms with van der Waals surface area (Å²) in [4.78, 5) is 0. The van der Waals surface area contributed by atoms with E-state index >= 15 is 0 Å². The zero-order chi connectivity index (χ0) is 32.8. The molecule has 0 aromatic rings. The van der Waals surface area contributed by atoms with E-state index < -0.39 is 16.5 Å². The van der Waals surface area contributed by atoms with Crippen LogP contribution < -0.4 is 16.0 Å². The van der Waals surface area contributed by atoms with Crippen LogP contribution in [0, 0.1) is 52.3 Å². The molecule has 0 aliphatic heterocycles. The van der Waals surface area contributed by atoms with Crippen LogP contribution in [0.3, 0.4) is 0 Å². The van der Waals surface area contributed by atoms with E-state index in [1.54, 1.807) is 0 Å². The van der Waals surface area contributed by atoms with Gasteiger partial charge in [-0.05, 0) is 168 Å². The van der Waals surface area contributed by atoms with Crippen molar-refractivity contribution in [2.24, 2.45) is 52.3 Å². The fourth-order valence-corrected chi connectivity index (χ4v) is 11.6. The van der Waals surface area contributed by atoms with E-state index in [2.05, 4.69) is 43.6 Å². The number of aliphatic hydroxyl groups is 1. The lowest BCUT2D eigenvalue weighted by molar-refractivity contribution is -0.167.